The highest BCUT2D eigenvalue weighted by Gasteiger charge is 2.23. The molecule has 0 aromatic heterocycles. The van der Waals surface area contributed by atoms with E-state index in [2.05, 4.69) is 5.32 Å². The van der Waals surface area contributed by atoms with E-state index in [1.165, 1.54) is 0 Å². The maximum Gasteiger partial charge on any atom is 0.231 e. The summed E-state index contributed by atoms with van der Waals surface area (Å²) in [5.74, 6) is 0.883. The van der Waals surface area contributed by atoms with Gasteiger partial charge in [-0.25, -0.2) is 0 Å². The van der Waals surface area contributed by atoms with E-state index in [9.17, 15) is 9.59 Å². The number of fused-ring (bicyclic) bond motifs is 1. The fourth-order valence-corrected chi connectivity index (χ4v) is 2.95. The van der Waals surface area contributed by atoms with Gasteiger partial charge in [-0.05, 0) is 41.8 Å². The minimum absolute atomic E-state index is 0.0298. The first kappa shape index (κ1) is 17.0. The fraction of sp³-hybridized carbons (Fsp3) is 0.300. The molecule has 0 bridgehead atoms. The van der Waals surface area contributed by atoms with Gasteiger partial charge in [-0.1, -0.05) is 24.3 Å². The van der Waals surface area contributed by atoms with E-state index in [1.54, 1.807) is 11.9 Å². The molecule has 5 heteroatoms. The zero-order chi connectivity index (χ0) is 17.8. The van der Waals surface area contributed by atoms with Crippen molar-refractivity contribution in [3.63, 3.8) is 0 Å². The van der Waals surface area contributed by atoms with Crippen LogP contribution in [0.5, 0.6) is 5.75 Å². The third kappa shape index (κ3) is 3.99. The van der Waals surface area contributed by atoms with Crippen molar-refractivity contribution in [2.24, 2.45) is 0 Å². The summed E-state index contributed by atoms with van der Waals surface area (Å²) < 4.78 is 5.39. The van der Waals surface area contributed by atoms with Crippen molar-refractivity contribution in [1.82, 2.24) is 5.32 Å². The van der Waals surface area contributed by atoms with Gasteiger partial charge in [0.1, 0.15) is 5.75 Å². The predicted molar refractivity (Wildman–Crippen MR) is 96.7 cm³/mol. The van der Waals surface area contributed by atoms with Crippen LogP contribution in [0.1, 0.15) is 23.6 Å². The van der Waals surface area contributed by atoms with Crippen LogP contribution in [0.25, 0.3) is 0 Å². The van der Waals surface area contributed by atoms with E-state index in [0.717, 1.165) is 28.1 Å². The van der Waals surface area contributed by atoms with Gasteiger partial charge < -0.3 is 15.0 Å². The van der Waals surface area contributed by atoms with E-state index in [4.69, 9.17) is 4.74 Å². The fourth-order valence-electron chi connectivity index (χ4n) is 2.95. The Morgan fingerprint density at radius 1 is 1.16 bits per heavy atom. The van der Waals surface area contributed by atoms with Gasteiger partial charge in [0.05, 0.1) is 19.4 Å². The van der Waals surface area contributed by atoms with Crippen molar-refractivity contribution in [2.45, 2.75) is 26.3 Å². The van der Waals surface area contributed by atoms with Gasteiger partial charge in [-0.15, -0.1) is 0 Å². The summed E-state index contributed by atoms with van der Waals surface area (Å²) in [5.41, 5.74) is 3.92. The summed E-state index contributed by atoms with van der Waals surface area (Å²) >= 11 is 0. The maximum absolute atomic E-state index is 12.1. The quantitative estimate of drug-likeness (QED) is 0.880. The van der Waals surface area contributed by atoms with Crippen molar-refractivity contribution < 1.29 is 14.3 Å². The second kappa shape index (κ2) is 7.38. The molecule has 25 heavy (non-hydrogen) atoms. The van der Waals surface area contributed by atoms with Crippen molar-refractivity contribution in [1.29, 1.82) is 0 Å². The number of hydrogen-bond acceptors (Lipinski definition) is 3. The van der Waals surface area contributed by atoms with Crippen molar-refractivity contribution >= 4 is 17.5 Å². The van der Waals surface area contributed by atoms with Crippen molar-refractivity contribution in [2.75, 3.05) is 18.6 Å². The van der Waals surface area contributed by atoms with Crippen LogP contribution in [0, 0.1) is 0 Å². The topological polar surface area (TPSA) is 58.6 Å². The Balaban J connectivity index is 1.54. The number of benzene rings is 2. The average molecular weight is 338 g/mol. The molecule has 0 aliphatic carbocycles. The highest BCUT2D eigenvalue weighted by Crippen LogP contribution is 2.28. The Kier molecular flexibility index (Phi) is 5.03. The minimum Gasteiger partial charge on any atom is -0.494 e. The average Bonchev–Trinajstić information content (AvgIpc) is 2.89. The lowest BCUT2D eigenvalue weighted by Gasteiger charge is -2.11. The molecule has 0 saturated heterocycles. The number of nitrogens with zero attached hydrogens (tertiary/aromatic N) is 1. The molecule has 2 amide bonds. The zero-order valence-corrected chi connectivity index (χ0v) is 14.5. The van der Waals surface area contributed by atoms with E-state index in [0.29, 0.717) is 26.0 Å². The molecule has 1 aliphatic heterocycles. The molecule has 0 radical (unpaired) electrons. The molecule has 0 spiro atoms. The third-order valence-electron chi connectivity index (χ3n) is 4.31. The number of carbonyl (C=O) groups is 2. The van der Waals surface area contributed by atoms with Gasteiger partial charge in [-0.2, -0.15) is 0 Å². The first-order chi connectivity index (χ1) is 12.1. The number of rotatable bonds is 6. The molecule has 3 rings (SSSR count). The number of anilines is 1. The molecule has 0 atom stereocenters. The lowest BCUT2D eigenvalue weighted by molar-refractivity contribution is -0.120. The number of nitrogens with one attached hydrogen (secondary N) is 1. The molecule has 2 aromatic carbocycles. The molecule has 2 aromatic rings. The maximum atomic E-state index is 12.1. The summed E-state index contributed by atoms with van der Waals surface area (Å²) in [6, 6.07) is 13.4. The van der Waals surface area contributed by atoms with Crippen LogP contribution in [-0.2, 0) is 29.0 Å². The van der Waals surface area contributed by atoms with Crippen LogP contribution >= 0.6 is 0 Å². The lowest BCUT2D eigenvalue weighted by atomic mass is 10.1. The predicted octanol–water partition coefficient (Wildman–Crippen LogP) is 2.46. The Morgan fingerprint density at radius 3 is 2.60 bits per heavy atom. The smallest absolute Gasteiger partial charge is 0.231 e. The van der Waals surface area contributed by atoms with Crippen LogP contribution in [0.3, 0.4) is 0 Å². The van der Waals surface area contributed by atoms with Crippen LogP contribution in [0.15, 0.2) is 42.5 Å². The highest BCUT2D eigenvalue weighted by molar-refractivity contribution is 6.00. The van der Waals surface area contributed by atoms with Gasteiger partial charge in [0.2, 0.25) is 11.8 Å². The standard InChI is InChI=1S/C20H22N2O3/c1-3-25-17-7-4-14(5-8-17)11-19(23)21-13-15-6-9-18-16(10-15)12-20(24)22(18)2/h4-10H,3,11-13H2,1-2H3,(H,21,23). The molecule has 5 nitrogen and oxygen atoms in total. The Morgan fingerprint density at radius 2 is 1.88 bits per heavy atom. The van der Waals surface area contributed by atoms with Crippen LogP contribution in [0.2, 0.25) is 0 Å². The highest BCUT2D eigenvalue weighted by atomic mass is 16.5. The number of likely N-dealkylation sites (N-methyl/N-ethyl adjacent to an activating group) is 1. The van der Waals surface area contributed by atoms with E-state index in [-0.39, 0.29) is 11.8 Å². The van der Waals surface area contributed by atoms with Gasteiger partial charge in [0.15, 0.2) is 0 Å². The van der Waals surface area contributed by atoms with E-state index in [1.807, 2.05) is 49.4 Å². The van der Waals surface area contributed by atoms with Crippen molar-refractivity contribution in [3.8, 4) is 5.75 Å². The summed E-state index contributed by atoms with van der Waals surface area (Å²) in [4.78, 5) is 25.5. The van der Waals surface area contributed by atoms with E-state index >= 15 is 0 Å². The number of amides is 2. The van der Waals surface area contributed by atoms with Crippen LogP contribution in [0.4, 0.5) is 5.69 Å². The third-order valence-corrected chi connectivity index (χ3v) is 4.31. The number of hydrogen-bond donors (Lipinski definition) is 1. The number of carbonyl (C=O) groups excluding carboxylic acids is 2. The first-order valence-electron chi connectivity index (χ1n) is 8.43. The van der Waals surface area contributed by atoms with Gasteiger partial charge in [-0.3, -0.25) is 9.59 Å². The zero-order valence-electron chi connectivity index (χ0n) is 14.5. The molecular weight excluding hydrogens is 316 g/mol. The summed E-state index contributed by atoms with van der Waals surface area (Å²) in [5, 5.41) is 2.93. The first-order valence-corrected chi connectivity index (χ1v) is 8.43. The molecular formula is C20H22N2O3. The van der Waals surface area contributed by atoms with Gasteiger partial charge >= 0.3 is 0 Å². The molecule has 0 fully saturated rings. The Hall–Kier alpha value is -2.82. The lowest BCUT2D eigenvalue weighted by Crippen LogP contribution is -2.24. The van der Waals surface area contributed by atoms with Crippen molar-refractivity contribution in [3.05, 3.63) is 59.2 Å². The van der Waals surface area contributed by atoms with Crippen LogP contribution < -0.4 is 15.0 Å². The van der Waals surface area contributed by atoms with E-state index < -0.39 is 0 Å². The Labute approximate surface area is 147 Å². The molecule has 1 aliphatic rings. The van der Waals surface area contributed by atoms with Gasteiger partial charge in [0.25, 0.3) is 0 Å². The monoisotopic (exact) mass is 338 g/mol. The molecule has 1 heterocycles. The summed E-state index contributed by atoms with van der Waals surface area (Å²) in [6.07, 6.45) is 0.762. The summed E-state index contributed by atoms with van der Waals surface area (Å²) in [6.45, 7) is 3.03. The van der Waals surface area contributed by atoms with Crippen LogP contribution in [-0.4, -0.2) is 25.5 Å². The molecule has 130 valence electrons. The second-order valence-corrected chi connectivity index (χ2v) is 6.12. The Bertz CT molecular complexity index is 784. The summed E-state index contributed by atoms with van der Waals surface area (Å²) in [7, 11) is 1.78. The largest absolute Gasteiger partial charge is 0.494 e. The number of ether oxygens (including phenoxy) is 1. The normalized spacial score (nSPS) is 12.9. The van der Waals surface area contributed by atoms with Gasteiger partial charge in [0, 0.05) is 19.3 Å². The molecule has 1 N–H and O–H groups in total. The molecule has 0 unspecified atom stereocenters. The SMILES string of the molecule is CCOc1ccc(CC(=O)NCc2ccc3c(c2)CC(=O)N3C)cc1. The minimum atomic E-state index is -0.0298. The molecule has 0 saturated carbocycles. The second-order valence-electron chi connectivity index (χ2n) is 6.12.